The van der Waals surface area contributed by atoms with Gasteiger partial charge in [0.2, 0.25) is 0 Å². The van der Waals surface area contributed by atoms with Crippen LogP contribution in [-0.4, -0.2) is 16.9 Å². The number of hydrogen-bond acceptors (Lipinski definition) is 2. The van der Waals surface area contributed by atoms with E-state index in [1.165, 1.54) is 26.2 Å². The van der Waals surface area contributed by atoms with Crippen LogP contribution in [0.4, 0.5) is 0 Å². The second-order valence-corrected chi connectivity index (χ2v) is 6.46. The van der Waals surface area contributed by atoms with Gasteiger partial charge in [-0.2, -0.15) is 0 Å². The normalized spacial score (nSPS) is 51.9. The molecule has 0 aliphatic heterocycles. The first-order valence-corrected chi connectivity index (χ1v) is 6.89. The number of alkyl halides is 1. The Balaban J connectivity index is 1.75. The van der Waals surface area contributed by atoms with Gasteiger partial charge in [0.05, 0.1) is 4.83 Å². The molecule has 0 saturated heterocycles. The van der Waals surface area contributed by atoms with E-state index in [-0.39, 0.29) is 12.1 Å². The summed E-state index contributed by atoms with van der Waals surface area (Å²) in [5.74, 6) is 3.33. The van der Waals surface area contributed by atoms with Crippen molar-refractivity contribution < 1.29 is 9.53 Å². The van der Waals surface area contributed by atoms with E-state index in [4.69, 9.17) is 4.74 Å². The summed E-state index contributed by atoms with van der Waals surface area (Å²) < 4.78 is 5.40. The fourth-order valence-electron chi connectivity index (χ4n) is 4.27. The molecule has 15 heavy (non-hydrogen) atoms. The lowest BCUT2D eigenvalue weighted by Gasteiger charge is -2.26. The van der Waals surface area contributed by atoms with Gasteiger partial charge in [-0.05, 0) is 49.4 Å². The smallest absolute Gasteiger partial charge is 0.302 e. The molecule has 0 N–H and O–H groups in total. The molecule has 0 unspecified atom stereocenters. The Morgan fingerprint density at radius 1 is 1.27 bits per heavy atom. The topological polar surface area (TPSA) is 26.3 Å². The number of esters is 1. The summed E-state index contributed by atoms with van der Waals surface area (Å²) in [5.41, 5.74) is 0. The molecule has 3 aliphatic rings. The zero-order valence-corrected chi connectivity index (χ0v) is 10.6. The Morgan fingerprint density at radius 2 is 2.00 bits per heavy atom. The molecule has 2 bridgehead atoms. The molecule has 3 aliphatic carbocycles. The van der Waals surface area contributed by atoms with Gasteiger partial charge >= 0.3 is 5.97 Å². The minimum Gasteiger partial charge on any atom is -0.461 e. The van der Waals surface area contributed by atoms with Crippen LogP contribution in [0.3, 0.4) is 0 Å². The Bertz CT molecular complexity index is 291. The van der Waals surface area contributed by atoms with E-state index in [1.54, 1.807) is 0 Å². The summed E-state index contributed by atoms with van der Waals surface area (Å²) >= 11 is 3.76. The maximum atomic E-state index is 11.0. The van der Waals surface area contributed by atoms with Gasteiger partial charge in [-0.15, -0.1) is 0 Å². The van der Waals surface area contributed by atoms with Crippen LogP contribution in [0.15, 0.2) is 0 Å². The number of carbonyl (C=O) groups is 1. The minimum atomic E-state index is -0.128. The highest BCUT2D eigenvalue weighted by molar-refractivity contribution is 9.09. The fraction of sp³-hybridized carbons (Fsp3) is 0.917. The van der Waals surface area contributed by atoms with Crippen molar-refractivity contribution in [3.05, 3.63) is 0 Å². The molecular weight excluding hydrogens is 256 g/mol. The van der Waals surface area contributed by atoms with Gasteiger partial charge in [-0.3, -0.25) is 4.79 Å². The lowest BCUT2D eigenvalue weighted by molar-refractivity contribution is -0.145. The lowest BCUT2D eigenvalue weighted by atomic mass is 9.82. The predicted octanol–water partition coefficient (Wildman–Crippen LogP) is 2.75. The third-order valence-electron chi connectivity index (χ3n) is 4.70. The largest absolute Gasteiger partial charge is 0.461 e. The van der Waals surface area contributed by atoms with Gasteiger partial charge in [-0.1, -0.05) is 15.9 Å². The molecule has 6 atom stereocenters. The molecule has 0 spiro atoms. The van der Waals surface area contributed by atoms with E-state index < -0.39 is 0 Å². The van der Waals surface area contributed by atoms with Crippen LogP contribution in [-0.2, 0) is 9.53 Å². The highest BCUT2D eigenvalue weighted by Crippen LogP contribution is 2.60. The number of halogens is 1. The van der Waals surface area contributed by atoms with Crippen LogP contribution in [0.25, 0.3) is 0 Å². The lowest BCUT2D eigenvalue weighted by Crippen LogP contribution is -2.27. The average Bonchev–Trinajstić information content (AvgIpc) is 2.79. The van der Waals surface area contributed by atoms with Crippen molar-refractivity contribution in [2.75, 3.05) is 0 Å². The van der Waals surface area contributed by atoms with E-state index in [0.717, 1.165) is 30.1 Å². The van der Waals surface area contributed by atoms with Crippen molar-refractivity contribution in [1.29, 1.82) is 0 Å². The molecule has 84 valence electrons. The van der Waals surface area contributed by atoms with Crippen LogP contribution < -0.4 is 0 Å². The number of ether oxygens (including phenoxy) is 1. The highest BCUT2D eigenvalue weighted by Gasteiger charge is 2.56. The zero-order chi connectivity index (χ0) is 10.6. The van der Waals surface area contributed by atoms with E-state index in [2.05, 4.69) is 15.9 Å². The fourth-order valence-corrected chi connectivity index (χ4v) is 5.42. The van der Waals surface area contributed by atoms with Gasteiger partial charge in [0.15, 0.2) is 0 Å². The summed E-state index contributed by atoms with van der Waals surface area (Å²) in [5, 5.41) is 0. The van der Waals surface area contributed by atoms with Crippen molar-refractivity contribution in [1.82, 2.24) is 0 Å². The first-order chi connectivity index (χ1) is 7.16. The van der Waals surface area contributed by atoms with Gasteiger partial charge in [-0.25, -0.2) is 0 Å². The summed E-state index contributed by atoms with van der Waals surface area (Å²) in [6.45, 7) is 1.52. The second-order valence-electron chi connectivity index (χ2n) is 5.40. The number of hydrogen-bond donors (Lipinski definition) is 0. The number of carbonyl (C=O) groups excluding carboxylic acids is 1. The van der Waals surface area contributed by atoms with E-state index >= 15 is 0 Å². The molecule has 3 heteroatoms. The first kappa shape index (κ1) is 10.1. The predicted molar refractivity (Wildman–Crippen MR) is 60.7 cm³/mol. The van der Waals surface area contributed by atoms with Crippen molar-refractivity contribution >= 4 is 21.9 Å². The molecule has 0 aromatic heterocycles. The molecular formula is C12H17BrO2. The van der Waals surface area contributed by atoms with Crippen LogP contribution in [0.5, 0.6) is 0 Å². The molecule has 0 amide bonds. The first-order valence-electron chi connectivity index (χ1n) is 5.98. The van der Waals surface area contributed by atoms with E-state index in [9.17, 15) is 4.79 Å². The SMILES string of the molecule is CC(=O)O[C@@H]1C[C@@H]2[C@@H]3CC[C@@H](C3)[C@@H]2[C@@H]1Br. The monoisotopic (exact) mass is 272 g/mol. The molecule has 0 aromatic rings. The Hall–Kier alpha value is -0.0500. The Labute approximate surface area is 98.9 Å². The highest BCUT2D eigenvalue weighted by atomic mass is 79.9. The third-order valence-corrected chi connectivity index (χ3v) is 5.90. The number of fused-ring (bicyclic) bond motifs is 5. The summed E-state index contributed by atoms with van der Waals surface area (Å²) in [7, 11) is 0. The van der Waals surface area contributed by atoms with Crippen molar-refractivity contribution in [3.8, 4) is 0 Å². The van der Waals surface area contributed by atoms with Crippen LogP contribution >= 0.6 is 15.9 Å². The Morgan fingerprint density at radius 3 is 2.67 bits per heavy atom. The van der Waals surface area contributed by atoms with Crippen molar-refractivity contribution in [2.45, 2.75) is 43.5 Å². The maximum Gasteiger partial charge on any atom is 0.302 e. The van der Waals surface area contributed by atoms with Gasteiger partial charge in [0.1, 0.15) is 6.10 Å². The zero-order valence-electron chi connectivity index (χ0n) is 8.99. The van der Waals surface area contributed by atoms with E-state index in [0.29, 0.717) is 4.83 Å². The van der Waals surface area contributed by atoms with Gasteiger partial charge < -0.3 is 4.74 Å². The van der Waals surface area contributed by atoms with Crippen molar-refractivity contribution in [3.63, 3.8) is 0 Å². The molecule has 0 radical (unpaired) electrons. The van der Waals surface area contributed by atoms with Crippen LogP contribution in [0, 0.1) is 23.7 Å². The van der Waals surface area contributed by atoms with Crippen LogP contribution in [0.2, 0.25) is 0 Å². The second kappa shape index (κ2) is 3.47. The van der Waals surface area contributed by atoms with Crippen molar-refractivity contribution in [2.24, 2.45) is 23.7 Å². The molecule has 3 rings (SSSR count). The summed E-state index contributed by atoms with van der Waals surface area (Å²) in [6, 6.07) is 0. The van der Waals surface area contributed by atoms with Crippen LogP contribution in [0.1, 0.15) is 32.6 Å². The molecule has 0 aromatic carbocycles. The molecule has 3 fully saturated rings. The summed E-state index contributed by atoms with van der Waals surface area (Å²) in [6.07, 6.45) is 5.49. The van der Waals surface area contributed by atoms with Gasteiger partial charge in [0.25, 0.3) is 0 Å². The summed E-state index contributed by atoms with van der Waals surface area (Å²) in [4.78, 5) is 11.4. The Kier molecular flexibility index (Phi) is 2.35. The molecule has 2 nitrogen and oxygen atoms in total. The molecule has 0 heterocycles. The molecule has 3 saturated carbocycles. The third kappa shape index (κ3) is 1.46. The standard InChI is InChI=1S/C12H17BrO2/c1-6(14)15-10-5-9-7-2-3-8(4-7)11(9)12(10)13/h7-12H,2-5H2,1H3/t7-,8+,9-,10-,11+,12-/m1/s1. The van der Waals surface area contributed by atoms with Gasteiger partial charge in [0, 0.05) is 6.92 Å². The maximum absolute atomic E-state index is 11.0. The average molecular weight is 273 g/mol. The quantitative estimate of drug-likeness (QED) is 0.542. The van der Waals surface area contributed by atoms with E-state index in [1.807, 2.05) is 0 Å². The number of rotatable bonds is 1. The minimum absolute atomic E-state index is 0.128.